The SMILES string of the molecule is CCCCCCOCCCCCCCCN1CCc2ccccc21. The van der Waals surface area contributed by atoms with Crippen LogP contribution in [0.4, 0.5) is 5.69 Å². The fourth-order valence-corrected chi connectivity index (χ4v) is 3.59. The zero-order valence-electron chi connectivity index (χ0n) is 15.8. The van der Waals surface area contributed by atoms with Gasteiger partial charge in [0.05, 0.1) is 0 Å². The molecule has 0 radical (unpaired) electrons. The lowest BCUT2D eigenvalue weighted by molar-refractivity contribution is 0.125. The first-order valence-electron chi connectivity index (χ1n) is 10.3. The highest BCUT2D eigenvalue weighted by atomic mass is 16.5. The molecule has 136 valence electrons. The van der Waals surface area contributed by atoms with Crippen LogP contribution >= 0.6 is 0 Å². The Balaban J connectivity index is 1.36. The van der Waals surface area contributed by atoms with Gasteiger partial charge in [0, 0.05) is 32.0 Å². The van der Waals surface area contributed by atoms with E-state index < -0.39 is 0 Å². The molecule has 0 amide bonds. The minimum atomic E-state index is 0.969. The van der Waals surface area contributed by atoms with E-state index in [1.165, 1.54) is 95.0 Å². The van der Waals surface area contributed by atoms with Gasteiger partial charge < -0.3 is 9.64 Å². The third-order valence-electron chi connectivity index (χ3n) is 5.09. The van der Waals surface area contributed by atoms with Crippen molar-refractivity contribution in [1.82, 2.24) is 0 Å². The molecule has 0 saturated carbocycles. The van der Waals surface area contributed by atoms with E-state index >= 15 is 0 Å². The highest BCUT2D eigenvalue weighted by Crippen LogP contribution is 2.27. The summed E-state index contributed by atoms with van der Waals surface area (Å²) in [5, 5.41) is 0. The summed E-state index contributed by atoms with van der Waals surface area (Å²) in [6, 6.07) is 8.89. The molecular formula is C22H37NO. The van der Waals surface area contributed by atoms with E-state index in [1.54, 1.807) is 0 Å². The van der Waals surface area contributed by atoms with E-state index in [0.717, 1.165) is 13.2 Å². The topological polar surface area (TPSA) is 12.5 Å². The van der Waals surface area contributed by atoms with Crippen molar-refractivity contribution in [2.75, 3.05) is 31.2 Å². The molecule has 1 aromatic rings. The van der Waals surface area contributed by atoms with Crippen LogP contribution in [0.5, 0.6) is 0 Å². The summed E-state index contributed by atoms with van der Waals surface area (Å²) in [7, 11) is 0. The number of ether oxygens (including phenoxy) is 1. The van der Waals surface area contributed by atoms with E-state index in [9.17, 15) is 0 Å². The molecule has 0 N–H and O–H groups in total. The van der Waals surface area contributed by atoms with Crippen molar-refractivity contribution in [3.63, 3.8) is 0 Å². The van der Waals surface area contributed by atoms with Gasteiger partial charge in [0.2, 0.25) is 0 Å². The Morgan fingerprint density at radius 2 is 1.50 bits per heavy atom. The Hall–Kier alpha value is -1.02. The van der Waals surface area contributed by atoms with Crippen LogP contribution in [0.15, 0.2) is 24.3 Å². The average molecular weight is 332 g/mol. The van der Waals surface area contributed by atoms with Crippen LogP contribution in [0.2, 0.25) is 0 Å². The van der Waals surface area contributed by atoms with Gasteiger partial charge in [-0.15, -0.1) is 0 Å². The Kier molecular flexibility index (Phi) is 9.94. The fourth-order valence-electron chi connectivity index (χ4n) is 3.59. The molecule has 1 aliphatic rings. The Labute approximate surface area is 149 Å². The quantitative estimate of drug-likeness (QED) is 0.388. The van der Waals surface area contributed by atoms with Crippen LogP contribution in [-0.4, -0.2) is 26.3 Å². The standard InChI is InChI=1S/C22H37NO/c1-2-3-4-12-19-24-20-13-8-6-5-7-11-17-23-18-16-21-14-9-10-15-22(21)23/h9-10,14-15H,2-8,11-13,16-20H2,1H3. The predicted octanol–water partition coefficient (Wildman–Crippen LogP) is 5.99. The summed E-state index contributed by atoms with van der Waals surface area (Å²) in [6.07, 6.45) is 14.5. The van der Waals surface area contributed by atoms with Gasteiger partial charge in [-0.3, -0.25) is 0 Å². The molecule has 0 aromatic heterocycles. The van der Waals surface area contributed by atoms with Gasteiger partial charge in [0.1, 0.15) is 0 Å². The minimum absolute atomic E-state index is 0.969. The van der Waals surface area contributed by atoms with Gasteiger partial charge in [-0.25, -0.2) is 0 Å². The van der Waals surface area contributed by atoms with E-state index in [-0.39, 0.29) is 0 Å². The summed E-state index contributed by atoms with van der Waals surface area (Å²) in [5.74, 6) is 0. The fraction of sp³-hybridized carbons (Fsp3) is 0.727. The second kappa shape index (κ2) is 12.4. The first-order chi connectivity index (χ1) is 11.9. The maximum Gasteiger partial charge on any atom is 0.0466 e. The average Bonchev–Trinajstić information content (AvgIpc) is 3.02. The molecule has 0 spiro atoms. The Morgan fingerprint density at radius 3 is 2.29 bits per heavy atom. The molecule has 0 saturated heterocycles. The number of rotatable bonds is 14. The van der Waals surface area contributed by atoms with Crippen molar-refractivity contribution in [1.29, 1.82) is 0 Å². The van der Waals surface area contributed by atoms with Gasteiger partial charge in [0.15, 0.2) is 0 Å². The molecule has 2 rings (SSSR count). The lowest BCUT2D eigenvalue weighted by Gasteiger charge is -2.19. The largest absolute Gasteiger partial charge is 0.381 e. The number of anilines is 1. The van der Waals surface area contributed by atoms with Crippen molar-refractivity contribution in [2.24, 2.45) is 0 Å². The lowest BCUT2D eigenvalue weighted by Crippen LogP contribution is -2.21. The molecule has 1 aliphatic heterocycles. The van der Waals surface area contributed by atoms with E-state index in [1.807, 2.05) is 0 Å². The molecule has 24 heavy (non-hydrogen) atoms. The highest BCUT2D eigenvalue weighted by molar-refractivity contribution is 5.57. The molecule has 0 atom stereocenters. The second-order valence-corrected chi connectivity index (χ2v) is 7.16. The molecule has 1 aromatic carbocycles. The first-order valence-corrected chi connectivity index (χ1v) is 10.3. The van der Waals surface area contributed by atoms with Crippen molar-refractivity contribution < 1.29 is 4.74 Å². The van der Waals surface area contributed by atoms with Crippen LogP contribution in [0.25, 0.3) is 0 Å². The zero-order chi connectivity index (χ0) is 16.9. The van der Waals surface area contributed by atoms with Gasteiger partial charge in [-0.1, -0.05) is 70.1 Å². The normalized spacial score (nSPS) is 13.5. The molecule has 1 heterocycles. The maximum absolute atomic E-state index is 5.70. The van der Waals surface area contributed by atoms with Crippen LogP contribution < -0.4 is 4.90 Å². The third kappa shape index (κ3) is 7.25. The van der Waals surface area contributed by atoms with Crippen LogP contribution in [0.1, 0.15) is 76.7 Å². The number of unbranched alkanes of at least 4 members (excludes halogenated alkanes) is 8. The van der Waals surface area contributed by atoms with Gasteiger partial charge in [-0.2, -0.15) is 0 Å². The molecular weight excluding hydrogens is 294 g/mol. The van der Waals surface area contributed by atoms with Crippen LogP contribution in [0, 0.1) is 0 Å². The van der Waals surface area contributed by atoms with Crippen molar-refractivity contribution in [3.8, 4) is 0 Å². The second-order valence-electron chi connectivity index (χ2n) is 7.16. The summed E-state index contributed by atoms with van der Waals surface area (Å²) < 4.78 is 5.70. The molecule has 2 heteroatoms. The van der Waals surface area contributed by atoms with Gasteiger partial charge >= 0.3 is 0 Å². The van der Waals surface area contributed by atoms with Gasteiger partial charge in [0.25, 0.3) is 0 Å². The first kappa shape index (κ1) is 19.3. The molecule has 0 fully saturated rings. The Morgan fingerprint density at radius 1 is 0.833 bits per heavy atom. The lowest BCUT2D eigenvalue weighted by atomic mass is 10.1. The smallest absolute Gasteiger partial charge is 0.0466 e. The van der Waals surface area contributed by atoms with Crippen molar-refractivity contribution >= 4 is 5.69 Å². The number of benzene rings is 1. The van der Waals surface area contributed by atoms with Crippen molar-refractivity contribution in [3.05, 3.63) is 29.8 Å². The maximum atomic E-state index is 5.70. The van der Waals surface area contributed by atoms with E-state index in [2.05, 4.69) is 36.1 Å². The summed E-state index contributed by atoms with van der Waals surface area (Å²) in [4.78, 5) is 2.57. The molecule has 0 bridgehead atoms. The van der Waals surface area contributed by atoms with E-state index in [0.29, 0.717) is 0 Å². The summed E-state index contributed by atoms with van der Waals surface area (Å²) in [5.41, 5.74) is 3.01. The van der Waals surface area contributed by atoms with Crippen LogP contribution in [-0.2, 0) is 11.2 Å². The number of nitrogens with zero attached hydrogens (tertiary/aromatic N) is 1. The Bertz CT molecular complexity index is 432. The van der Waals surface area contributed by atoms with E-state index in [4.69, 9.17) is 4.74 Å². The monoisotopic (exact) mass is 331 g/mol. The number of hydrogen-bond donors (Lipinski definition) is 0. The molecule has 0 aliphatic carbocycles. The summed E-state index contributed by atoms with van der Waals surface area (Å²) >= 11 is 0. The molecule has 0 unspecified atom stereocenters. The third-order valence-corrected chi connectivity index (χ3v) is 5.09. The van der Waals surface area contributed by atoms with Crippen molar-refractivity contribution in [2.45, 2.75) is 77.6 Å². The number of para-hydroxylation sites is 1. The minimum Gasteiger partial charge on any atom is -0.381 e. The predicted molar refractivity (Wildman–Crippen MR) is 105 cm³/mol. The number of fused-ring (bicyclic) bond motifs is 1. The van der Waals surface area contributed by atoms with Gasteiger partial charge in [-0.05, 0) is 37.3 Å². The highest BCUT2D eigenvalue weighted by Gasteiger charge is 2.16. The van der Waals surface area contributed by atoms with Crippen LogP contribution in [0.3, 0.4) is 0 Å². The zero-order valence-corrected chi connectivity index (χ0v) is 15.8. The molecule has 2 nitrogen and oxygen atoms in total. The summed E-state index contributed by atoms with van der Waals surface area (Å²) in [6.45, 7) is 6.64. The number of hydrogen-bond acceptors (Lipinski definition) is 2.